The molecule has 18 heavy (non-hydrogen) atoms. The fourth-order valence-electron chi connectivity index (χ4n) is 1.54. The highest BCUT2D eigenvalue weighted by atomic mass is 16.5. The number of ether oxygens (including phenoxy) is 1. The second-order valence-electron chi connectivity index (χ2n) is 4.28. The largest absolute Gasteiger partial charge is 0.497 e. The average Bonchev–Trinajstić information content (AvgIpc) is 2.39. The SMILES string of the molecule is COc1ccc(C(=O)CN(C)C(C)CC#N)cc1. The van der Waals surface area contributed by atoms with Crippen molar-refractivity contribution in [1.29, 1.82) is 5.26 Å². The summed E-state index contributed by atoms with van der Waals surface area (Å²) in [6.45, 7) is 2.25. The number of Topliss-reactive ketones (excluding diaryl/α,β-unsaturated/α-hetero) is 1. The van der Waals surface area contributed by atoms with E-state index in [0.717, 1.165) is 5.75 Å². The zero-order valence-corrected chi connectivity index (χ0v) is 11.0. The van der Waals surface area contributed by atoms with E-state index in [1.807, 2.05) is 18.9 Å². The number of carbonyl (C=O) groups excluding carboxylic acids is 1. The summed E-state index contributed by atoms with van der Waals surface area (Å²) in [5.74, 6) is 0.780. The van der Waals surface area contributed by atoms with Gasteiger partial charge in [0.05, 0.1) is 26.1 Å². The molecule has 0 N–H and O–H groups in total. The normalized spacial score (nSPS) is 11.9. The first-order valence-corrected chi connectivity index (χ1v) is 5.83. The molecule has 0 radical (unpaired) electrons. The molecule has 4 nitrogen and oxygen atoms in total. The van der Waals surface area contributed by atoms with Crippen molar-refractivity contribution < 1.29 is 9.53 Å². The maximum absolute atomic E-state index is 12.0. The molecule has 0 aliphatic heterocycles. The number of methoxy groups -OCH3 is 1. The Kier molecular flexibility index (Phi) is 5.34. The smallest absolute Gasteiger partial charge is 0.176 e. The lowest BCUT2D eigenvalue weighted by Crippen LogP contribution is -2.33. The summed E-state index contributed by atoms with van der Waals surface area (Å²) in [5, 5.41) is 8.62. The summed E-state index contributed by atoms with van der Waals surface area (Å²) in [5.41, 5.74) is 0.659. The predicted octanol–water partition coefficient (Wildman–Crippen LogP) is 2.11. The molecule has 0 heterocycles. The van der Waals surface area contributed by atoms with Crippen molar-refractivity contribution in [1.82, 2.24) is 4.90 Å². The molecule has 0 aliphatic carbocycles. The molecule has 96 valence electrons. The summed E-state index contributed by atoms with van der Waals surface area (Å²) < 4.78 is 5.04. The summed E-state index contributed by atoms with van der Waals surface area (Å²) in [6.07, 6.45) is 0.423. The molecule has 0 saturated carbocycles. The van der Waals surface area contributed by atoms with Gasteiger partial charge in [-0.1, -0.05) is 0 Å². The highest BCUT2D eigenvalue weighted by Gasteiger charge is 2.14. The second-order valence-corrected chi connectivity index (χ2v) is 4.28. The molecule has 4 heteroatoms. The first-order valence-electron chi connectivity index (χ1n) is 5.83. The van der Waals surface area contributed by atoms with E-state index >= 15 is 0 Å². The van der Waals surface area contributed by atoms with Gasteiger partial charge in [-0.05, 0) is 38.2 Å². The maximum atomic E-state index is 12.0. The van der Waals surface area contributed by atoms with Crippen molar-refractivity contribution in [2.75, 3.05) is 20.7 Å². The van der Waals surface area contributed by atoms with E-state index in [1.54, 1.807) is 31.4 Å². The van der Waals surface area contributed by atoms with Gasteiger partial charge >= 0.3 is 0 Å². The predicted molar refractivity (Wildman–Crippen MR) is 69.6 cm³/mol. The van der Waals surface area contributed by atoms with Crippen LogP contribution in [0.2, 0.25) is 0 Å². The first kappa shape index (κ1) is 14.2. The molecule has 0 saturated heterocycles. The molecule has 1 rings (SSSR count). The van der Waals surface area contributed by atoms with Gasteiger partial charge in [0.1, 0.15) is 5.75 Å². The lowest BCUT2D eigenvalue weighted by Gasteiger charge is -2.21. The summed E-state index contributed by atoms with van der Waals surface area (Å²) >= 11 is 0. The van der Waals surface area contributed by atoms with E-state index in [1.165, 1.54) is 0 Å². The van der Waals surface area contributed by atoms with E-state index in [9.17, 15) is 4.79 Å². The molecule has 0 spiro atoms. The number of benzene rings is 1. The summed E-state index contributed by atoms with van der Waals surface area (Å²) in [4.78, 5) is 13.9. The van der Waals surface area contributed by atoms with E-state index in [-0.39, 0.29) is 11.8 Å². The van der Waals surface area contributed by atoms with E-state index in [2.05, 4.69) is 6.07 Å². The fourth-order valence-corrected chi connectivity index (χ4v) is 1.54. The van der Waals surface area contributed by atoms with Crippen molar-refractivity contribution >= 4 is 5.78 Å². The van der Waals surface area contributed by atoms with Crippen LogP contribution in [0.15, 0.2) is 24.3 Å². The number of ketones is 1. The van der Waals surface area contributed by atoms with Crippen molar-refractivity contribution in [2.24, 2.45) is 0 Å². The first-order chi connectivity index (χ1) is 8.58. The Balaban J connectivity index is 2.62. The number of hydrogen-bond acceptors (Lipinski definition) is 4. The number of nitrogens with zero attached hydrogens (tertiary/aromatic N) is 2. The number of hydrogen-bond donors (Lipinski definition) is 0. The third kappa shape index (κ3) is 3.86. The van der Waals surface area contributed by atoms with Crippen LogP contribution in [0, 0.1) is 11.3 Å². The number of nitriles is 1. The highest BCUT2D eigenvalue weighted by molar-refractivity contribution is 5.97. The van der Waals surface area contributed by atoms with Gasteiger partial charge in [0, 0.05) is 11.6 Å². The number of carbonyl (C=O) groups is 1. The van der Waals surface area contributed by atoms with Gasteiger partial charge in [-0.15, -0.1) is 0 Å². The van der Waals surface area contributed by atoms with Crippen molar-refractivity contribution in [3.63, 3.8) is 0 Å². The molecule has 1 aromatic rings. The van der Waals surface area contributed by atoms with Crippen LogP contribution >= 0.6 is 0 Å². The quantitative estimate of drug-likeness (QED) is 0.721. The monoisotopic (exact) mass is 246 g/mol. The number of rotatable bonds is 6. The average molecular weight is 246 g/mol. The highest BCUT2D eigenvalue weighted by Crippen LogP contribution is 2.12. The van der Waals surface area contributed by atoms with Gasteiger partial charge in [-0.2, -0.15) is 5.26 Å². The zero-order valence-electron chi connectivity index (χ0n) is 11.0. The Morgan fingerprint density at radius 3 is 2.56 bits per heavy atom. The Morgan fingerprint density at radius 2 is 2.06 bits per heavy atom. The van der Waals surface area contributed by atoms with Crippen molar-refractivity contribution in [3.05, 3.63) is 29.8 Å². The Hall–Kier alpha value is -1.86. The Bertz CT molecular complexity index is 434. The molecular weight excluding hydrogens is 228 g/mol. The second kappa shape index (κ2) is 6.77. The van der Waals surface area contributed by atoms with Crippen molar-refractivity contribution in [2.45, 2.75) is 19.4 Å². The third-order valence-corrected chi connectivity index (χ3v) is 2.94. The Morgan fingerprint density at radius 1 is 1.44 bits per heavy atom. The van der Waals surface area contributed by atoms with Gasteiger partial charge in [0.15, 0.2) is 5.78 Å². The van der Waals surface area contributed by atoms with Gasteiger partial charge in [-0.25, -0.2) is 0 Å². The van der Waals surface area contributed by atoms with E-state index in [0.29, 0.717) is 18.5 Å². The van der Waals surface area contributed by atoms with E-state index in [4.69, 9.17) is 10.00 Å². The van der Waals surface area contributed by atoms with Crippen LogP contribution in [0.4, 0.5) is 0 Å². The van der Waals surface area contributed by atoms with Crippen LogP contribution in [0.1, 0.15) is 23.7 Å². The third-order valence-electron chi connectivity index (χ3n) is 2.94. The molecule has 1 unspecified atom stereocenters. The molecule has 1 aromatic carbocycles. The minimum atomic E-state index is 0.0462. The minimum Gasteiger partial charge on any atom is -0.497 e. The zero-order chi connectivity index (χ0) is 13.5. The minimum absolute atomic E-state index is 0.0462. The molecule has 0 aromatic heterocycles. The lowest BCUT2D eigenvalue weighted by atomic mass is 10.1. The number of likely N-dealkylation sites (N-methyl/N-ethyl adjacent to an activating group) is 1. The summed E-state index contributed by atoms with van der Waals surface area (Å²) in [7, 11) is 3.44. The van der Waals surface area contributed by atoms with Crippen LogP contribution in [0.3, 0.4) is 0 Å². The van der Waals surface area contributed by atoms with Crippen LogP contribution in [-0.4, -0.2) is 37.4 Å². The lowest BCUT2D eigenvalue weighted by molar-refractivity contribution is 0.0925. The van der Waals surface area contributed by atoms with Gasteiger partial charge in [-0.3, -0.25) is 9.69 Å². The molecule has 0 fully saturated rings. The van der Waals surface area contributed by atoms with Crippen LogP contribution < -0.4 is 4.74 Å². The topological polar surface area (TPSA) is 53.3 Å². The molecule has 0 bridgehead atoms. The van der Waals surface area contributed by atoms with Crippen LogP contribution in [0.5, 0.6) is 5.75 Å². The van der Waals surface area contributed by atoms with Crippen molar-refractivity contribution in [3.8, 4) is 11.8 Å². The summed E-state index contributed by atoms with van der Waals surface area (Å²) in [6, 6.07) is 9.24. The maximum Gasteiger partial charge on any atom is 0.176 e. The molecular formula is C14H18N2O2. The molecule has 0 amide bonds. The molecule has 1 atom stereocenters. The van der Waals surface area contributed by atoms with Gasteiger partial charge < -0.3 is 4.74 Å². The van der Waals surface area contributed by atoms with Gasteiger partial charge in [0.25, 0.3) is 0 Å². The standard InChI is InChI=1S/C14H18N2O2/c1-11(8-9-15)16(2)10-14(17)12-4-6-13(18-3)7-5-12/h4-7,11H,8,10H2,1-3H3. The fraction of sp³-hybridized carbons (Fsp3) is 0.429. The van der Waals surface area contributed by atoms with Crippen LogP contribution in [0.25, 0.3) is 0 Å². The van der Waals surface area contributed by atoms with Crippen LogP contribution in [-0.2, 0) is 0 Å². The molecule has 0 aliphatic rings. The van der Waals surface area contributed by atoms with Gasteiger partial charge in [0.2, 0.25) is 0 Å². The Labute approximate surface area is 108 Å². The van der Waals surface area contributed by atoms with E-state index < -0.39 is 0 Å².